The van der Waals surface area contributed by atoms with Gasteiger partial charge in [0.2, 0.25) is 5.82 Å². The summed E-state index contributed by atoms with van der Waals surface area (Å²) in [6.45, 7) is 3.36. The van der Waals surface area contributed by atoms with Crippen LogP contribution in [0, 0.1) is 15.9 Å². The second-order valence-corrected chi connectivity index (χ2v) is 5.71. The van der Waals surface area contributed by atoms with E-state index in [0.29, 0.717) is 18.8 Å². The number of nitrogens with zero attached hydrogens (tertiary/aromatic N) is 4. The number of aryl methyl sites for hydroxylation is 1. The van der Waals surface area contributed by atoms with Crippen LogP contribution < -0.4 is 4.90 Å². The lowest BCUT2D eigenvalue weighted by Gasteiger charge is -2.35. The first-order valence-electron chi connectivity index (χ1n) is 7.81. The first-order chi connectivity index (χ1) is 11.1. The van der Waals surface area contributed by atoms with Crippen molar-refractivity contribution < 1.29 is 9.31 Å². The van der Waals surface area contributed by atoms with E-state index in [1.54, 1.807) is 12.3 Å². The van der Waals surface area contributed by atoms with Crippen molar-refractivity contribution >= 4 is 11.4 Å². The van der Waals surface area contributed by atoms with Gasteiger partial charge in [-0.25, -0.2) is 4.98 Å². The standard InChI is InChI=1S/C16H19FN4O2/c1-2-15-18-8-10-20(15)12-5-4-9-19(11-12)14-7-3-6-13(17)16(14)21(22)23/h3,6-8,10,12H,2,4-5,9,11H2,1H3. The summed E-state index contributed by atoms with van der Waals surface area (Å²) >= 11 is 0. The highest BCUT2D eigenvalue weighted by Crippen LogP contribution is 2.34. The summed E-state index contributed by atoms with van der Waals surface area (Å²) in [5.41, 5.74) is -0.0765. The molecule has 1 fully saturated rings. The van der Waals surface area contributed by atoms with Crippen LogP contribution in [0.15, 0.2) is 30.6 Å². The quantitative estimate of drug-likeness (QED) is 0.640. The summed E-state index contributed by atoms with van der Waals surface area (Å²) in [7, 11) is 0. The Morgan fingerprint density at radius 3 is 3.04 bits per heavy atom. The van der Waals surface area contributed by atoms with Crippen molar-refractivity contribution in [2.45, 2.75) is 32.2 Å². The number of imidazole rings is 1. The molecule has 0 N–H and O–H groups in total. The van der Waals surface area contributed by atoms with Crippen molar-refractivity contribution in [2.75, 3.05) is 18.0 Å². The predicted octanol–water partition coefficient (Wildman–Crippen LogP) is 3.33. The third-order valence-electron chi connectivity index (χ3n) is 4.34. The Hall–Kier alpha value is -2.44. The Bertz CT molecular complexity index is 716. The molecule has 6 nitrogen and oxygen atoms in total. The maximum absolute atomic E-state index is 13.9. The van der Waals surface area contributed by atoms with Crippen LogP contribution in [0.1, 0.15) is 31.6 Å². The second kappa shape index (κ2) is 6.36. The van der Waals surface area contributed by atoms with Crippen molar-refractivity contribution in [2.24, 2.45) is 0 Å². The molecule has 1 saturated heterocycles. The summed E-state index contributed by atoms with van der Waals surface area (Å²) < 4.78 is 16.0. The van der Waals surface area contributed by atoms with E-state index in [2.05, 4.69) is 16.5 Å². The summed E-state index contributed by atoms with van der Waals surface area (Å²) in [6, 6.07) is 4.48. The normalized spacial score (nSPS) is 18.2. The number of hydrogen-bond acceptors (Lipinski definition) is 4. The van der Waals surface area contributed by atoms with Crippen molar-refractivity contribution in [3.05, 3.63) is 52.3 Å². The van der Waals surface area contributed by atoms with Gasteiger partial charge in [-0.3, -0.25) is 10.1 Å². The summed E-state index contributed by atoms with van der Waals surface area (Å²) in [4.78, 5) is 16.8. The van der Waals surface area contributed by atoms with Crippen molar-refractivity contribution in [3.63, 3.8) is 0 Å². The summed E-state index contributed by atoms with van der Waals surface area (Å²) in [5, 5.41) is 11.2. The lowest BCUT2D eigenvalue weighted by atomic mass is 10.0. The molecule has 0 amide bonds. The van der Waals surface area contributed by atoms with Crippen molar-refractivity contribution in [1.82, 2.24) is 9.55 Å². The van der Waals surface area contributed by atoms with E-state index in [1.165, 1.54) is 6.07 Å². The number of piperidine rings is 1. The minimum Gasteiger partial charge on any atom is -0.364 e. The van der Waals surface area contributed by atoms with Crippen molar-refractivity contribution in [3.8, 4) is 0 Å². The van der Waals surface area contributed by atoms with E-state index in [9.17, 15) is 14.5 Å². The molecule has 3 rings (SSSR count). The van der Waals surface area contributed by atoms with E-state index >= 15 is 0 Å². The topological polar surface area (TPSA) is 64.2 Å². The average molecular weight is 318 g/mol. The number of benzene rings is 1. The first-order valence-corrected chi connectivity index (χ1v) is 7.81. The highest BCUT2D eigenvalue weighted by atomic mass is 19.1. The monoisotopic (exact) mass is 318 g/mol. The fraction of sp³-hybridized carbons (Fsp3) is 0.438. The Morgan fingerprint density at radius 1 is 1.48 bits per heavy atom. The number of aromatic nitrogens is 2. The lowest BCUT2D eigenvalue weighted by molar-refractivity contribution is -0.386. The second-order valence-electron chi connectivity index (χ2n) is 5.71. The van der Waals surface area contributed by atoms with Crippen LogP contribution >= 0.6 is 0 Å². The molecule has 7 heteroatoms. The van der Waals surface area contributed by atoms with Gasteiger partial charge in [-0.05, 0) is 25.0 Å². The molecule has 0 aliphatic carbocycles. The van der Waals surface area contributed by atoms with Crippen LogP contribution in [0.4, 0.5) is 15.8 Å². The van der Waals surface area contributed by atoms with Gasteiger partial charge in [0.1, 0.15) is 11.5 Å². The molecular formula is C16H19FN4O2. The molecule has 2 heterocycles. The van der Waals surface area contributed by atoms with Gasteiger partial charge in [0.05, 0.1) is 11.0 Å². The number of nitro benzene ring substituents is 1. The number of para-hydroxylation sites is 1. The fourth-order valence-electron chi connectivity index (χ4n) is 3.29. The van der Waals surface area contributed by atoms with E-state index in [4.69, 9.17) is 0 Å². The molecule has 0 bridgehead atoms. The number of rotatable bonds is 4. The minimum atomic E-state index is -0.786. The Labute approximate surface area is 133 Å². The molecular weight excluding hydrogens is 299 g/mol. The first kappa shape index (κ1) is 15.5. The van der Waals surface area contributed by atoms with Crippen LogP contribution in [-0.2, 0) is 6.42 Å². The van der Waals surface area contributed by atoms with Gasteiger partial charge in [0, 0.05) is 31.9 Å². The Balaban J connectivity index is 1.90. The number of nitro groups is 1. The average Bonchev–Trinajstić information content (AvgIpc) is 3.03. The molecule has 23 heavy (non-hydrogen) atoms. The lowest BCUT2D eigenvalue weighted by Crippen LogP contribution is -2.37. The number of anilines is 1. The zero-order valence-electron chi connectivity index (χ0n) is 13.0. The SMILES string of the molecule is CCc1nccn1C1CCCN(c2cccc(F)c2[N+](=O)[O-])C1. The smallest absolute Gasteiger partial charge is 0.327 e. The molecule has 122 valence electrons. The molecule has 0 spiro atoms. The molecule has 1 aliphatic rings. The summed E-state index contributed by atoms with van der Waals surface area (Å²) in [6.07, 6.45) is 6.46. The van der Waals surface area contributed by atoms with Crippen LogP contribution in [0.25, 0.3) is 0 Å². The van der Waals surface area contributed by atoms with Gasteiger partial charge in [-0.15, -0.1) is 0 Å². The molecule has 0 radical (unpaired) electrons. The zero-order valence-corrected chi connectivity index (χ0v) is 13.0. The van der Waals surface area contributed by atoms with Gasteiger partial charge < -0.3 is 9.47 Å². The third kappa shape index (κ3) is 2.91. The van der Waals surface area contributed by atoms with E-state index in [0.717, 1.165) is 31.2 Å². The predicted molar refractivity (Wildman–Crippen MR) is 85.1 cm³/mol. The molecule has 1 atom stereocenters. The van der Waals surface area contributed by atoms with Crippen molar-refractivity contribution in [1.29, 1.82) is 0 Å². The van der Waals surface area contributed by atoms with Crippen LogP contribution in [0.5, 0.6) is 0 Å². The highest BCUT2D eigenvalue weighted by Gasteiger charge is 2.29. The molecule has 1 unspecified atom stereocenters. The Morgan fingerprint density at radius 2 is 2.30 bits per heavy atom. The molecule has 2 aromatic rings. The maximum atomic E-state index is 13.9. The fourth-order valence-corrected chi connectivity index (χ4v) is 3.29. The molecule has 0 saturated carbocycles. The Kier molecular flexibility index (Phi) is 4.27. The van der Waals surface area contributed by atoms with Gasteiger partial charge in [-0.1, -0.05) is 13.0 Å². The molecule has 1 aliphatic heterocycles. The van der Waals surface area contributed by atoms with Crippen LogP contribution in [0.3, 0.4) is 0 Å². The third-order valence-corrected chi connectivity index (χ3v) is 4.34. The summed E-state index contributed by atoms with van der Waals surface area (Å²) in [5.74, 6) is 0.220. The molecule has 1 aromatic heterocycles. The maximum Gasteiger partial charge on any atom is 0.327 e. The van der Waals surface area contributed by atoms with E-state index in [1.807, 2.05) is 11.1 Å². The van der Waals surface area contributed by atoms with Crippen LogP contribution in [0.2, 0.25) is 0 Å². The zero-order chi connectivity index (χ0) is 16.4. The van der Waals surface area contributed by atoms with E-state index < -0.39 is 16.4 Å². The number of hydrogen-bond donors (Lipinski definition) is 0. The largest absolute Gasteiger partial charge is 0.364 e. The van der Waals surface area contributed by atoms with Crippen LogP contribution in [-0.4, -0.2) is 27.6 Å². The molecule has 1 aromatic carbocycles. The number of halogens is 1. The minimum absolute atomic E-state index is 0.198. The van der Waals surface area contributed by atoms with Gasteiger partial charge >= 0.3 is 5.69 Å². The van der Waals surface area contributed by atoms with Gasteiger partial charge in [0.15, 0.2) is 0 Å². The van der Waals surface area contributed by atoms with Gasteiger partial charge in [-0.2, -0.15) is 4.39 Å². The highest BCUT2D eigenvalue weighted by molar-refractivity contribution is 5.64. The van der Waals surface area contributed by atoms with E-state index in [-0.39, 0.29) is 6.04 Å². The van der Waals surface area contributed by atoms with Gasteiger partial charge in [0.25, 0.3) is 0 Å².